The van der Waals surface area contributed by atoms with Gasteiger partial charge in [0, 0.05) is 22.2 Å². The number of benzene rings is 2. The van der Waals surface area contributed by atoms with Gasteiger partial charge < -0.3 is 15.8 Å². The first-order chi connectivity index (χ1) is 12.3. The number of primary amides is 1. The number of Topliss-reactive ketones (excluding diaryl/α,β-unsaturated/α-hetero) is 1. The topological polar surface area (TPSA) is 98.5 Å². The summed E-state index contributed by atoms with van der Waals surface area (Å²) in [6.45, 7) is 3.32. The third-order valence-corrected chi connectivity index (χ3v) is 3.80. The summed E-state index contributed by atoms with van der Waals surface area (Å²) < 4.78 is 5.42. The van der Waals surface area contributed by atoms with E-state index < -0.39 is 5.91 Å². The van der Waals surface area contributed by atoms with Gasteiger partial charge in [-0.25, -0.2) is 0 Å². The van der Waals surface area contributed by atoms with Gasteiger partial charge in [0.2, 0.25) is 5.91 Å². The summed E-state index contributed by atoms with van der Waals surface area (Å²) in [6.07, 6.45) is 0. The SMILES string of the molecule is CC(C)C(=O)Nc1ccc(C(=O)COc2ccc(Cl)cc2C(N)=O)cc1. The van der Waals surface area contributed by atoms with E-state index in [0.717, 1.165) is 0 Å². The zero-order valence-corrected chi connectivity index (χ0v) is 15.2. The molecule has 0 aliphatic heterocycles. The highest BCUT2D eigenvalue weighted by atomic mass is 35.5. The maximum Gasteiger partial charge on any atom is 0.252 e. The van der Waals surface area contributed by atoms with Gasteiger partial charge in [0.1, 0.15) is 5.75 Å². The maximum atomic E-state index is 12.3. The van der Waals surface area contributed by atoms with Crippen LogP contribution in [0, 0.1) is 5.92 Å². The van der Waals surface area contributed by atoms with Crippen molar-refractivity contribution >= 4 is 34.9 Å². The highest BCUT2D eigenvalue weighted by Crippen LogP contribution is 2.23. The van der Waals surface area contributed by atoms with Crippen molar-refractivity contribution in [2.75, 3.05) is 11.9 Å². The number of amides is 2. The Balaban J connectivity index is 2.02. The Labute approximate surface area is 156 Å². The third-order valence-electron chi connectivity index (χ3n) is 3.56. The van der Waals surface area contributed by atoms with Gasteiger partial charge in [0.15, 0.2) is 12.4 Å². The predicted octanol–water partition coefficient (Wildman–Crippen LogP) is 3.30. The number of hydrogen-bond acceptors (Lipinski definition) is 4. The van der Waals surface area contributed by atoms with Crippen LogP contribution in [0.5, 0.6) is 5.75 Å². The molecule has 2 aromatic carbocycles. The van der Waals surface area contributed by atoms with E-state index in [1.807, 2.05) is 0 Å². The zero-order valence-electron chi connectivity index (χ0n) is 14.4. The third kappa shape index (κ3) is 5.07. The summed E-state index contributed by atoms with van der Waals surface area (Å²) in [5.41, 5.74) is 6.41. The van der Waals surface area contributed by atoms with Crippen molar-refractivity contribution in [3.05, 3.63) is 58.6 Å². The summed E-state index contributed by atoms with van der Waals surface area (Å²) in [7, 11) is 0. The summed E-state index contributed by atoms with van der Waals surface area (Å²) in [5.74, 6) is -1.02. The lowest BCUT2D eigenvalue weighted by atomic mass is 10.1. The number of carbonyl (C=O) groups excluding carboxylic acids is 3. The van der Waals surface area contributed by atoms with E-state index >= 15 is 0 Å². The van der Waals surface area contributed by atoms with Crippen LogP contribution in [0.2, 0.25) is 5.02 Å². The molecule has 0 aromatic heterocycles. The fraction of sp³-hybridized carbons (Fsp3) is 0.211. The van der Waals surface area contributed by atoms with Crippen LogP contribution in [0.15, 0.2) is 42.5 Å². The molecule has 0 spiro atoms. The lowest BCUT2D eigenvalue weighted by Crippen LogP contribution is -2.18. The van der Waals surface area contributed by atoms with Crippen LogP contribution in [0.4, 0.5) is 5.69 Å². The number of rotatable bonds is 7. The van der Waals surface area contributed by atoms with E-state index in [4.69, 9.17) is 22.1 Å². The molecule has 0 radical (unpaired) electrons. The molecule has 2 rings (SSSR count). The van der Waals surface area contributed by atoms with Crippen molar-refractivity contribution in [3.63, 3.8) is 0 Å². The molecule has 6 nitrogen and oxygen atoms in total. The smallest absolute Gasteiger partial charge is 0.252 e. The van der Waals surface area contributed by atoms with Gasteiger partial charge in [0.05, 0.1) is 5.56 Å². The normalized spacial score (nSPS) is 10.5. The zero-order chi connectivity index (χ0) is 19.3. The highest BCUT2D eigenvalue weighted by molar-refractivity contribution is 6.31. The van der Waals surface area contributed by atoms with Crippen molar-refractivity contribution in [1.29, 1.82) is 0 Å². The number of anilines is 1. The molecule has 0 fully saturated rings. The molecule has 2 amide bonds. The Morgan fingerprint density at radius 2 is 1.77 bits per heavy atom. The van der Waals surface area contributed by atoms with Crippen molar-refractivity contribution in [2.24, 2.45) is 11.7 Å². The molecule has 0 atom stereocenters. The average Bonchev–Trinajstić information content (AvgIpc) is 2.60. The number of halogens is 1. The molecule has 26 heavy (non-hydrogen) atoms. The molecular formula is C19H19ClN2O4. The van der Waals surface area contributed by atoms with Crippen molar-refractivity contribution < 1.29 is 19.1 Å². The predicted molar refractivity (Wildman–Crippen MR) is 99.7 cm³/mol. The molecule has 2 aromatic rings. The molecular weight excluding hydrogens is 356 g/mol. The molecule has 0 bridgehead atoms. The molecule has 0 heterocycles. The molecule has 136 valence electrons. The molecule has 7 heteroatoms. The Morgan fingerprint density at radius 1 is 1.12 bits per heavy atom. The monoisotopic (exact) mass is 374 g/mol. The van der Waals surface area contributed by atoms with E-state index in [0.29, 0.717) is 16.3 Å². The molecule has 0 unspecified atom stereocenters. The van der Waals surface area contributed by atoms with Gasteiger partial charge >= 0.3 is 0 Å². The van der Waals surface area contributed by atoms with Gasteiger partial charge in [-0.15, -0.1) is 0 Å². The number of hydrogen-bond donors (Lipinski definition) is 2. The minimum absolute atomic E-state index is 0.103. The first-order valence-corrected chi connectivity index (χ1v) is 8.32. The Bertz CT molecular complexity index is 832. The van der Waals surface area contributed by atoms with Crippen molar-refractivity contribution in [3.8, 4) is 5.75 Å². The molecule has 0 saturated carbocycles. The lowest BCUT2D eigenvalue weighted by molar-refractivity contribution is -0.118. The van der Waals surface area contributed by atoms with E-state index in [1.54, 1.807) is 44.2 Å². The van der Waals surface area contributed by atoms with Crippen molar-refractivity contribution in [1.82, 2.24) is 0 Å². The Morgan fingerprint density at radius 3 is 2.35 bits per heavy atom. The van der Waals surface area contributed by atoms with Crippen LogP contribution in [-0.4, -0.2) is 24.2 Å². The highest BCUT2D eigenvalue weighted by Gasteiger charge is 2.13. The van der Waals surface area contributed by atoms with E-state index in [1.165, 1.54) is 12.1 Å². The minimum atomic E-state index is -0.694. The second kappa shape index (κ2) is 8.49. The van der Waals surface area contributed by atoms with Crippen LogP contribution >= 0.6 is 11.6 Å². The van der Waals surface area contributed by atoms with E-state index in [2.05, 4.69) is 5.32 Å². The molecule has 0 aliphatic carbocycles. The van der Waals surface area contributed by atoms with E-state index in [-0.39, 0.29) is 35.5 Å². The largest absolute Gasteiger partial charge is 0.485 e. The summed E-state index contributed by atoms with van der Waals surface area (Å²) >= 11 is 5.83. The minimum Gasteiger partial charge on any atom is -0.485 e. The Kier molecular flexibility index (Phi) is 6.36. The van der Waals surface area contributed by atoms with Crippen LogP contribution in [0.1, 0.15) is 34.6 Å². The summed E-state index contributed by atoms with van der Waals surface area (Å²) in [4.78, 5) is 35.3. The van der Waals surface area contributed by atoms with Crippen LogP contribution in [-0.2, 0) is 4.79 Å². The standard InChI is InChI=1S/C19H19ClN2O4/c1-11(2)19(25)22-14-6-3-12(4-7-14)16(23)10-26-17-8-5-13(20)9-15(17)18(21)24/h3-9,11H,10H2,1-2H3,(H2,21,24)(H,22,25). The van der Waals surface area contributed by atoms with Crippen molar-refractivity contribution in [2.45, 2.75) is 13.8 Å². The number of ketones is 1. The number of nitrogens with two attached hydrogens (primary N) is 1. The number of carbonyl (C=O) groups is 3. The Hall–Kier alpha value is -2.86. The fourth-order valence-electron chi connectivity index (χ4n) is 2.07. The summed E-state index contributed by atoms with van der Waals surface area (Å²) in [6, 6.07) is 10.9. The fourth-order valence-corrected chi connectivity index (χ4v) is 2.25. The van der Waals surface area contributed by atoms with Gasteiger partial charge in [-0.2, -0.15) is 0 Å². The van der Waals surface area contributed by atoms with Gasteiger partial charge in [0.25, 0.3) is 5.91 Å². The van der Waals surface area contributed by atoms with Gasteiger partial charge in [-0.3, -0.25) is 14.4 Å². The first-order valence-electron chi connectivity index (χ1n) is 7.94. The second-order valence-electron chi connectivity index (χ2n) is 5.94. The average molecular weight is 375 g/mol. The summed E-state index contributed by atoms with van der Waals surface area (Å²) in [5, 5.41) is 3.09. The first kappa shape index (κ1) is 19.5. The number of nitrogens with one attached hydrogen (secondary N) is 1. The lowest BCUT2D eigenvalue weighted by Gasteiger charge is -2.10. The second-order valence-corrected chi connectivity index (χ2v) is 6.37. The van der Waals surface area contributed by atoms with Gasteiger partial charge in [-0.1, -0.05) is 25.4 Å². The number of ether oxygens (including phenoxy) is 1. The van der Waals surface area contributed by atoms with Crippen LogP contribution in [0.25, 0.3) is 0 Å². The molecule has 0 saturated heterocycles. The van der Waals surface area contributed by atoms with E-state index in [9.17, 15) is 14.4 Å². The molecule has 3 N–H and O–H groups in total. The quantitative estimate of drug-likeness (QED) is 0.726. The maximum absolute atomic E-state index is 12.3. The van der Waals surface area contributed by atoms with Gasteiger partial charge in [-0.05, 0) is 42.5 Å². The van der Waals surface area contributed by atoms with Crippen LogP contribution < -0.4 is 15.8 Å². The van der Waals surface area contributed by atoms with Crippen LogP contribution in [0.3, 0.4) is 0 Å². The molecule has 0 aliphatic rings.